The minimum Gasteiger partial charge on any atom is -0.458 e. The highest BCUT2D eigenvalue weighted by Gasteiger charge is 2.18. The molecule has 13 heteroatoms. The normalized spacial score (nSPS) is 10.9. The number of nitro benzene ring substituents is 2. The predicted octanol–water partition coefficient (Wildman–Crippen LogP) is 4.09. The number of carbonyl (C=O) groups excluding carboxylic acids is 3. The van der Waals surface area contributed by atoms with E-state index in [9.17, 15) is 34.6 Å². The molecule has 0 fully saturated rings. The van der Waals surface area contributed by atoms with Crippen LogP contribution in [0.2, 0.25) is 0 Å². The fourth-order valence-electron chi connectivity index (χ4n) is 2.59. The third kappa shape index (κ3) is 8.92. The van der Waals surface area contributed by atoms with Gasteiger partial charge in [0.2, 0.25) is 5.91 Å². The Morgan fingerprint density at radius 1 is 0.914 bits per heavy atom. The largest absolute Gasteiger partial charge is 0.458 e. The van der Waals surface area contributed by atoms with Gasteiger partial charge in [-0.2, -0.15) is 0 Å². The number of amides is 2. The smallest absolute Gasteiger partial charge is 0.412 e. The maximum atomic E-state index is 12.2. The quantitative estimate of drug-likeness (QED) is 0.240. The molecule has 0 unspecified atom stereocenters. The lowest BCUT2D eigenvalue weighted by atomic mass is 10.2. The van der Waals surface area contributed by atoms with Gasteiger partial charge in [0.25, 0.3) is 11.4 Å². The number of nitrogens with zero attached hydrogens (tertiary/aromatic N) is 2. The molecule has 2 N–H and O–H groups in total. The Morgan fingerprint density at radius 3 is 1.97 bits per heavy atom. The second kappa shape index (κ2) is 11.4. The summed E-state index contributed by atoms with van der Waals surface area (Å²) in [4.78, 5) is 56.4. The molecule has 0 heterocycles. The number of ether oxygens (including phenoxy) is 2. The number of rotatable bonds is 8. The van der Waals surface area contributed by atoms with Crippen LogP contribution < -0.4 is 10.6 Å². The van der Waals surface area contributed by atoms with Gasteiger partial charge in [-0.25, -0.2) is 9.59 Å². The van der Waals surface area contributed by atoms with Gasteiger partial charge in [-0.3, -0.25) is 30.3 Å². The first-order chi connectivity index (χ1) is 16.3. The van der Waals surface area contributed by atoms with Gasteiger partial charge >= 0.3 is 12.1 Å². The van der Waals surface area contributed by atoms with Gasteiger partial charge in [0, 0.05) is 29.8 Å². The van der Waals surface area contributed by atoms with Gasteiger partial charge in [-0.05, 0) is 32.9 Å². The van der Waals surface area contributed by atoms with Crippen LogP contribution >= 0.6 is 0 Å². The lowest BCUT2D eigenvalue weighted by Crippen LogP contribution is -2.27. The molecule has 0 aliphatic heterocycles. The van der Waals surface area contributed by atoms with Crippen LogP contribution in [0, 0.1) is 20.2 Å². The molecule has 2 aromatic rings. The highest BCUT2D eigenvalue weighted by molar-refractivity contribution is 6.05. The molecule has 0 saturated carbocycles. The Morgan fingerprint density at radius 2 is 1.46 bits per heavy atom. The van der Waals surface area contributed by atoms with Gasteiger partial charge in [-0.1, -0.05) is 12.1 Å². The number of hydrogen-bond donors (Lipinski definition) is 2. The SMILES string of the molecule is CC(C)(C)OC(=O)Nc1ccccc1NC(=O)/C=C\C(=O)OCc1cc([N+](=O)[O-])cc([N+](=O)[O-])c1. The lowest BCUT2D eigenvalue weighted by molar-refractivity contribution is -0.394. The molecular formula is C22H22N4O9. The van der Waals surface area contributed by atoms with Crippen molar-refractivity contribution in [3.05, 3.63) is 80.4 Å². The van der Waals surface area contributed by atoms with Crippen molar-refractivity contribution < 1.29 is 33.7 Å². The molecule has 0 radical (unpaired) electrons. The van der Waals surface area contributed by atoms with E-state index in [0.717, 1.165) is 30.4 Å². The summed E-state index contributed by atoms with van der Waals surface area (Å²) in [6.45, 7) is 4.61. The second-order valence-electron chi connectivity index (χ2n) is 7.97. The molecule has 184 valence electrons. The number of nitro groups is 2. The Balaban J connectivity index is 1.98. The zero-order chi connectivity index (χ0) is 26.2. The fourth-order valence-corrected chi connectivity index (χ4v) is 2.59. The van der Waals surface area contributed by atoms with E-state index in [-0.39, 0.29) is 16.9 Å². The van der Waals surface area contributed by atoms with E-state index in [0.29, 0.717) is 0 Å². The predicted molar refractivity (Wildman–Crippen MR) is 124 cm³/mol. The van der Waals surface area contributed by atoms with Crippen molar-refractivity contribution in [2.75, 3.05) is 10.6 Å². The summed E-state index contributed by atoms with van der Waals surface area (Å²) >= 11 is 0. The number of esters is 1. The molecule has 0 aromatic heterocycles. The van der Waals surface area contributed by atoms with E-state index in [2.05, 4.69) is 10.6 Å². The van der Waals surface area contributed by atoms with Crippen LogP contribution in [-0.2, 0) is 25.7 Å². The Hall–Kier alpha value is -4.81. The molecule has 13 nitrogen and oxygen atoms in total. The topological polar surface area (TPSA) is 180 Å². The summed E-state index contributed by atoms with van der Waals surface area (Å²) in [6, 6.07) is 9.16. The number of non-ortho nitro benzene ring substituents is 2. The summed E-state index contributed by atoms with van der Waals surface area (Å²) in [7, 11) is 0. The van der Waals surface area contributed by atoms with Gasteiger partial charge < -0.3 is 14.8 Å². The van der Waals surface area contributed by atoms with Crippen molar-refractivity contribution >= 4 is 40.7 Å². The first-order valence-electron chi connectivity index (χ1n) is 10.0. The van der Waals surface area contributed by atoms with Crippen LogP contribution in [0.5, 0.6) is 0 Å². The molecule has 0 aliphatic carbocycles. The number of para-hydroxylation sites is 2. The summed E-state index contributed by atoms with van der Waals surface area (Å²) in [6.07, 6.45) is 0.965. The first kappa shape index (κ1) is 26.4. The molecule has 2 amide bonds. The lowest BCUT2D eigenvalue weighted by Gasteiger charge is -2.20. The van der Waals surface area contributed by atoms with Crippen LogP contribution in [0.4, 0.5) is 27.5 Å². The molecule has 35 heavy (non-hydrogen) atoms. The number of anilines is 2. The highest BCUT2D eigenvalue weighted by Crippen LogP contribution is 2.24. The maximum Gasteiger partial charge on any atom is 0.412 e. The molecular weight excluding hydrogens is 464 g/mol. The minimum atomic E-state index is -0.963. The summed E-state index contributed by atoms with van der Waals surface area (Å²) < 4.78 is 10.1. The number of carbonyl (C=O) groups is 3. The van der Waals surface area contributed by atoms with Gasteiger partial charge in [0.15, 0.2) is 0 Å². The molecule has 2 aromatic carbocycles. The van der Waals surface area contributed by atoms with Crippen molar-refractivity contribution in [1.82, 2.24) is 0 Å². The minimum absolute atomic E-state index is 0.0271. The van der Waals surface area contributed by atoms with Crippen molar-refractivity contribution in [2.45, 2.75) is 33.0 Å². The van der Waals surface area contributed by atoms with Gasteiger partial charge in [0.1, 0.15) is 12.2 Å². The molecule has 0 saturated heterocycles. The third-order valence-corrected chi connectivity index (χ3v) is 3.96. The number of benzene rings is 2. The molecule has 0 bridgehead atoms. The van der Waals surface area contributed by atoms with Crippen LogP contribution in [0.3, 0.4) is 0 Å². The van der Waals surface area contributed by atoms with Crippen LogP contribution in [0.15, 0.2) is 54.6 Å². The van der Waals surface area contributed by atoms with Gasteiger partial charge in [0.05, 0.1) is 27.3 Å². The van der Waals surface area contributed by atoms with Crippen molar-refractivity contribution in [2.24, 2.45) is 0 Å². The average Bonchev–Trinajstić information content (AvgIpc) is 2.76. The summed E-state index contributed by atoms with van der Waals surface area (Å²) in [5, 5.41) is 26.9. The van der Waals surface area contributed by atoms with Crippen molar-refractivity contribution in [3.8, 4) is 0 Å². The molecule has 0 atom stereocenters. The Labute approximate surface area is 199 Å². The fraction of sp³-hybridized carbons (Fsp3) is 0.227. The highest BCUT2D eigenvalue weighted by atomic mass is 16.6. The van der Waals surface area contributed by atoms with Crippen molar-refractivity contribution in [3.63, 3.8) is 0 Å². The Bertz CT molecular complexity index is 1150. The zero-order valence-electron chi connectivity index (χ0n) is 19.0. The second-order valence-corrected chi connectivity index (χ2v) is 7.97. The number of nitrogens with one attached hydrogen (secondary N) is 2. The van der Waals surface area contributed by atoms with E-state index in [4.69, 9.17) is 9.47 Å². The van der Waals surface area contributed by atoms with E-state index < -0.39 is 51.4 Å². The van der Waals surface area contributed by atoms with E-state index in [1.54, 1.807) is 32.9 Å². The first-order valence-corrected chi connectivity index (χ1v) is 10.0. The third-order valence-electron chi connectivity index (χ3n) is 3.96. The summed E-state index contributed by atoms with van der Waals surface area (Å²) in [5.74, 6) is -1.68. The van der Waals surface area contributed by atoms with Crippen LogP contribution in [0.25, 0.3) is 0 Å². The standard InChI is InChI=1S/C22H22N4O9/c1-22(2,3)35-21(29)24-18-7-5-4-6-17(18)23-19(27)8-9-20(28)34-13-14-10-15(25(30)31)12-16(11-14)26(32)33/h4-12H,13H2,1-3H3,(H,23,27)(H,24,29)/b9-8-. The average molecular weight is 486 g/mol. The van der Waals surface area contributed by atoms with E-state index in [1.807, 2.05) is 0 Å². The summed E-state index contributed by atoms with van der Waals surface area (Å²) in [5.41, 5.74) is -1.25. The van der Waals surface area contributed by atoms with E-state index in [1.165, 1.54) is 12.1 Å². The van der Waals surface area contributed by atoms with Crippen LogP contribution in [-0.4, -0.2) is 33.4 Å². The maximum absolute atomic E-state index is 12.2. The molecule has 0 spiro atoms. The van der Waals surface area contributed by atoms with Crippen LogP contribution in [0.1, 0.15) is 26.3 Å². The van der Waals surface area contributed by atoms with Crippen molar-refractivity contribution in [1.29, 1.82) is 0 Å². The zero-order valence-corrected chi connectivity index (χ0v) is 19.0. The van der Waals surface area contributed by atoms with E-state index >= 15 is 0 Å². The Kier molecular flexibility index (Phi) is 8.58. The monoisotopic (exact) mass is 486 g/mol. The molecule has 2 rings (SSSR count). The van der Waals surface area contributed by atoms with Gasteiger partial charge in [-0.15, -0.1) is 0 Å². The number of hydrogen-bond acceptors (Lipinski definition) is 9. The molecule has 0 aliphatic rings.